The Morgan fingerprint density at radius 2 is 2.12 bits per heavy atom. The van der Waals surface area contributed by atoms with E-state index in [0.29, 0.717) is 0 Å². The van der Waals surface area contributed by atoms with Gasteiger partial charge in [0.2, 0.25) is 0 Å². The van der Waals surface area contributed by atoms with Gasteiger partial charge in [-0.25, -0.2) is 0 Å². The highest BCUT2D eigenvalue weighted by Crippen LogP contribution is 2.01. The molecule has 8 heavy (non-hydrogen) atoms. The van der Waals surface area contributed by atoms with Gasteiger partial charge >= 0.3 is 0 Å². The molecule has 3 heteroatoms. The van der Waals surface area contributed by atoms with E-state index < -0.39 is 5.60 Å². The van der Waals surface area contributed by atoms with Crippen LogP contribution in [-0.4, -0.2) is 24.1 Å². The lowest BCUT2D eigenvalue weighted by Gasteiger charge is -2.14. The molecule has 0 bridgehead atoms. The maximum Gasteiger partial charge on any atom is 0.100 e. The van der Waals surface area contributed by atoms with E-state index in [1.54, 1.807) is 21.0 Å². The van der Waals surface area contributed by atoms with E-state index in [9.17, 15) is 0 Å². The minimum Gasteiger partial charge on any atom is -0.411 e. The highest BCUT2D eigenvalue weighted by Gasteiger charge is 2.11. The van der Waals surface area contributed by atoms with Gasteiger partial charge in [0.25, 0.3) is 0 Å². The van der Waals surface area contributed by atoms with Crippen LogP contribution in [0.25, 0.3) is 0 Å². The maximum atomic E-state index is 8.02. The molecule has 0 saturated carbocycles. The van der Waals surface area contributed by atoms with Crippen molar-refractivity contribution >= 4 is 6.21 Å². The Bertz CT molecular complexity index is 88.4. The van der Waals surface area contributed by atoms with Crippen molar-refractivity contribution < 1.29 is 9.94 Å². The molecule has 0 rings (SSSR count). The zero-order valence-electron chi connectivity index (χ0n) is 5.38. The number of oxime groups is 1. The molecule has 0 aliphatic rings. The molecule has 0 aromatic rings. The van der Waals surface area contributed by atoms with Crippen LogP contribution in [0.5, 0.6) is 0 Å². The lowest BCUT2D eigenvalue weighted by molar-refractivity contribution is 0.0843. The SMILES string of the molecule is COC(C)(C)C=NO. The summed E-state index contributed by atoms with van der Waals surface area (Å²) in [6.45, 7) is 3.60. The summed E-state index contributed by atoms with van der Waals surface area (Å²) in [6, 6.07) is 0. The second-order valence-electron chi connectivity index (χ2n) is 2.05. The van der Waals surface area contributed by atoms with Crippen molar-refractivity contribution in [1.29, 1.82) is 0 Å². The molecule has 0 saturated heterocycles. The van der Waals surface area contributed by atoms with Crippen molar-refractivity contribution in [2.75, 3.05) is 7.11 Å². The van der Waals surface area contributed by atoms with Crippen molar-refractivity contribution in [3.8, 4) is 0 Å². The van der Waals surface area contributed by atoms with Crippen LogP contribution in [-0.2, 0) is 4.74 Å². The van der Waals surface area contributed by atoms with Gasteiger partial charge in [0.05, 0.1) is 6.21 Å². The molecule has 0 amide bonds. The highest BCUT2D eigenvalue weighted by atomic mass is 16.5. The monoisotopic (exact) mass is 117 g/mol. The largest absolute Gasteiger partial charge is 0.411 e. The van der Waals surface area contributed by atoms with Crippen molar-refractivity contribution in [3.63, 3.8) is 0 Å². The molecule has 0 atom stereocenters. The summed E-state index contributed by atoms with van der Waals surface area (Å²) in [5, 5.41) is 10.9. The Morgan fingerprint density at radius 1 is 1.62 bits per heavy atom. The second kappa shape index (κ2) is 2.67. The minimum absolute atomic E-state index is 0.450. The Labute approximate surface area is 49.0 Å². The predicted molar refractivity (Wildman–Crippen MR) is 31.4 cm³/mol. The normalized spacial score (nSPS) is 12.9. The number of hydrogen-bond acceptors (Lipinski definition) is 3. The topological polar surface area (TPSA) is 41.8 Å². The summed E-state index contributed by atoms with van der Waals surface area (Å²) in [5.41, 5.74) is -0.450. The summed E-state index contributed by atoms with van der Waals surface area (Å²) >= 11 is 0. The molecule has 0 aliphatic carbocycles. The van der Waals surface area contributed by atoms with Crippen LogP contribution in [0.3, 0.4) is 0 Å². The van der Waals surface area contributed by atoms with Crippen molar-refractivity contribution in [1.82, 2.24) is 0 Å². The van der Waals surface area contributed by atoms with Gasteiger partial charge in [-0.1, -0.05) is 5.16 Å². The zero-order chi connectivity index (χ0) is 6.62. The standard InChI is InChI=1S/C5H11NO2/c1-5(2,8-3)4-6-7/h4,7H,1-3H3. The second-order valence-corrected chi connectivity index (χ2v) is 2.05. The number of hydrogen-bond donors (Lipinski definition) is 1. The van der Waals surface area contributed by atoms with Gasteiger partial charge in [-0.15, -0.1) is 0 Å². The fourth-order valence-corrected chi connectivity index (χ4v) is 0.192. The first-order valence-electron chi connectivity index (χ1n) is 2.36. The molecule has 0 unspecified atom stereocenters. The van der Waals surface area contributed by atoms with Gasteiger partial charge in [-0.2, -0.15) is 0 Å². The summed E-state index contributed by atoms with van der Waals surface area (Å²) in [6.07, 6.45) is 1.33. The van der Waals surface area contributed by atoms with E-state index >= 15 is 0 Å². The molecule has 0 spiro atoms. The van der Waals surface area contributed by atoms with Crippen molar-refractivity contribution in [2.24, 2.45) is 5.16 Å². The van der Waals surface area contributed by atoms with Crippen LogP contribution in [0.1, 0.15) is 13.8 Å². The van der Waals surface area contributed by atoms with Gasteiger partial charge in [0.1, 0.15) is 5.60 Å². The van der Waals surface area contributed by atoms with Crippen LogP contribution >= 0.6 is 0 Å². The first kappa shape index (κ1) is 7.43. The van der Waals surface area contributed by atoms with Gasteiger partial charge in [0.15, 0.2) is 0 Å². The summed E-state index contributed by atoms with van der Waals surface area (Å²) in [7, 11) is 1.56. The first-order chi connectivity index (χ1) is 3.62. The van der Waals surface area contributed by atoms with E-state index in [1.807, 2.05) is 0 Å². The molecule has 1 N–H and O–H groups in total. The van der Waals surface area contributed by atoms with E-state index in [4.69, 9.17) is 9.94 Å². The Morgan fingerprint density at radius 3 is 2.25 bits per heavy atom. The molecule has 3 nitrogen and oxygen atoms in total. The number of methoxy groups -OCH3 is 1. The Hall–Kier alpha value is -0.570. The average molecular weight is 117 g/mol. The highest BCUT2D eigenvalue weighted by molar-refractivity contribution is 5.66. The van der Waals surface area contributed by atoms with Gasteiger partial charge in [-0.3, -0.25) is 0 Å². The molecule has 48 valence electrons. The van der Waals surface area contributed by atoms with E-state index in [2.05, 4.69) is 5.16 Å². The summed E-state index contributed by atoms with van der Waals surface area (Å²) in [4.78, 5) is 0. The molecule has 0 fully saturated rings. The van der Waals surface area contributed by atoms with Crippen LogP contribution in [0.15, 0.2) is 5.16 Å². The van der Waals surface area contributed by atoms with Crippen molar-refractivity contribution in [2.45, 2.75) is 19.4 Å². The number of rotatable bonds is 2. The molecule has 0 aromatic carbocycles. The Balaban J connectivity index is 3.71. The molecule has 0 aliphatic heterocycles. The lowest BCUT2D eigenvalue weighted by atomic mass is 10.2. The quantitative estimate of drug-likeness (QED) is 0.331. The zero-order valence-corrected chi connectivity index (χ0v) is 5.38. The molecule has 0 aromatic heterocycles. The first-order valence-corrected chi connectivity index (χ1v) is 2.36. The van der Waals surface area contributed by atoms with Gasteiger partial charge in [0, 0.05) is 7.11 Å². The van der Waals surface area contributed by atoms with E-state index in [0.717, 1.165) is 0 Å². The molecule has 0 radical (unpaired) electrons. The maximum absolute atomic E-state index is 8.02. The third-order valence-corrected chi connectivity index (χ3v) is 0.895. The Kier molecular flexibility index (Phi) is 2.48. The van der Waals surface area contributed by atoms with E-state index in [-0.39, 0.29) is 0 Å². The molecular formula is C5H11NO2. The lowest BCUT2D eigenvalue weighted by Crippen LogP contribution is -2.23. The fourth-order valence-electron chi connectivity index (χ4n) is 0.192. The minimum atomic E-state index is -0.450. The number of nitrogens with zero attached hydrogens (tertiary/aromatic N) is 1. The number of ether oxygens (including phenoxy) is 1. The van der Waals surface area contributed by atoms with Crippen LogP contribution < -0.4 is 0 Å². The summed E-state index contributed by atoms with van der Waals surface area (Å²) < 4.78 is 4.87. The van der Waals surface area contributed by atoms with Crippen LogP contribution in [0.2, 0.25) is 0 Å². The van der Waals surface area contributed by atoms with Crippen molar-refractivity contribution in [3.05, 3.63) is 0 Å². The van der Waals surface area contributed by atoms with Crippen LogP contribution in [0, 0.1) is 0 Å². The third-order valence-electron chi connectivity index (χ3n) is 0.895. The summed E-state index contributed by atoms with van der Waals surface area (Å²) in [5.74, 6) is 0. The van der Waals surface area contributed by atoms with Gasteiger partial charge in [-0.05, 0) is 13.8 Å². The third kappa shape index (κ3) is 2.58. The average Bonchev–Trinajstić information content (AvgIpc) is 1.67. The fraction of sp³-hybridized carbons (Fsp3) is 0.800. The van der Waals surface area contributed by atoms with Gasteiger partial charge < -0.3 is 9.94 Å². The predicted octanol–water partition coefficient (Wildman–Crippen LogP) is 0.871. The van der Waals surface area contributed by atoms with E-state index in [1.165, 1.54) is 6.21 Å². The smallest absolute Gasteiger partial charge is 0.100 e. The molecular weight excluding hydrogens is 106 g/mol. The molecule has 0 heterocycles. The van der Waals surface area contributed by atoms with Crippen LogP contribution in [0.4, 0.5) is 0 Å².